The van der Waals surface area contributed by atoms with Gasteiger partial charge in [0.05, 0.1) is 4.91 Å². The summed E-state index contributed by atoms with van der Waals surface area (Å²) in [5.74, 6) is -1.73. The first kappa shape index (κ1) is 23.9. The molecule has 1 aliphatic carbocycles. The SMILES string of the molecule is O=C(CCN1C(=O)NC2(CCCCC2)C1=O)NCCN1C(=O)S/C(=C\c2ccccc2F)C1=O. The third-order valence-corrected chi connectivity index (χ3v) is 7.15. The van der Waals surface area contributed by atoms with Gasteiger partial charge in [-0.15, -0.1) is 0 Å². The molecular weight excluding hydrogens is 463 g/mol. The van der Waals surface area contributed by atoms with E-state index in [0.717, 1.165) is 29.1 Å². The Morgan fingerprint density at radius 1 is 1.09 bits per heavy atom. The first-order valence-electron chi connectivity index (χ1n) is 11.2. The van der Waals surface area contributed by atoms with Crippen LogP contribution in [0.3, 0.4) is 0 Å². The molecule has 2 aliphatic heterocycles. The van der Waals surface area contributed by atoms with Gasteiger partial charge in [-0.1, -0.05) is 37.5 Å². The van der Waals surface area contributed by atoms with Gasteiger partial charge in [-0.2, -0.15) is 0 Å². The number of thioether (sulfide) groups is 1. The van der Waals surface area contributed by atoms with Crippen molar-refractivity contribution in [2.75, 3.05) is 19.6 Å². The lowest BCUT2D eigenvalue weighted by Gasteiger charge is -2.30. The predicted molar refractivity (Wildman–Crippen MR) is 123 cm³/mol. The topological polar surface area (TPSA) is 116 Å². The van der Waals surface area contributed by atoms with Gasteiger partial charge in [0.25, 0.3) is 17.1 Å². The van der Waals surface area contributed by atoms with Crippen LogP contribution in [-0.2, 0) is 14.4 Å². The molecule has 180 valence electrons. The van der Waals surface area contributed by atoms with Crippen LogP contribution in [0.5, 0.6) is 0 Å². The summed E-state index contributed by atoms with van der Waals surface area (Å²) in [7, 11) is 0. The highest BCUT2D eigenvalue weighted by Gasteiger charge is 2.51. The molecule has 2 N–H and O–H groups in total. The Hall–Kier alpha value is -3.21. The molecule has 11 heteroatoms. The summed E-state index contributed by atoms with van der Waals surface area (Å²) in [4.78, 5) is 64.1. The summed E-state index contributed by atoms with van der Waals surface area (Å²) in [5.41, 5.74) is -0.620. The van der Waals surface area contributed by atoms with Crippen molar-refractivity contribution in [1.82, 2.24) is 20.4 Å². The van der Waals surface area contributed by atoms with Crippen molar-refractivity contribution in [3.8, 4) is 0 Å². The van der Waals surface area contributed by atoms with Gasteiger partial charge in [-0.25, -0.2) is 9.18 Å². The molecule has 0 aromatic heterocycles. The van der Waals surface area contributed by atoms with E-state index in [1.807, 2.05) is 0 Å². The van der Waals surface area contributed by atoms with E-state index in [2.05, 4.69) is 10.6 Å². The molecule has 1 aromatic rings. The number of carbonyl (C=O) groups is 5. The minimum atomic E-state index is -0.826. The number of halogens is 1. The van der Waals surface area contributed by atoms with E-state index in [9.17, 15) is 28.4 Å². The number of nitrogens with one attached hydrogen (secondary N) is 2. The Bertz CT molecular complexity index is 1070. The number of rotatable bonds is 7. The number of hydrogen-bond donors (Lipinski definition) is 2. The summed E-state index contributed by atoms with van der Waals surface area (Å²) in [6.07, 6.45) is 5.27. The maximum Gasteiger partial charge on any atom is 0.325 e. The smallest absolute Gasteiger partial charge is 0.325 e. The van der Waals surface area contributed by atoms with E-state index in [1.54, 1.807) is 6.07 Å². The largest absolute Gasteiger partial charge is 0.354 e. The number of nitrogens with zero attached hydrogens (tertiary/aromatic N) is 2. The second-order valence-electron chi connectivity index (χ2n) is 8.48. The van der Waals surface area contributed by atoms with Crippen molar-refractivity contribution in [3.05, 3.63) is 40.6 Å². The molecule has 6 amide bonds. The van der Waals surface area contributed by atoms with Crippen molar-refractivity contribution in [2.24, 2.45) is 0 Å². The highest BCUT2D eigenvalue weighted by molar-refractivity contribution is 8.18. The molecule has 1 spiro atoms. The third kappa shape index (κ3) is 4.84. The zero-order valence-corrected chi connectivity index (χ0v) is 19.3. The number of imide groups is 2. The second kappa shape index (κ2) is 9.96. The van der Waals surface area contributed by atoms with Gasteiger partial charge < -0.3 is 10.6 Å². The molecule has 3 aliphatic rings. The molecule has 0 atom stereocenters. The van der Waals surface area contributed by atoms with Crippen LogP contribution in [-0.4, -0.2) is 64.0 Å². The lowest BCUT2D eigenvalue weighted by atomic mass is 9.82. The summed E-state index contributed by atoms with van der Waals surface area (Å²) >= 11 is 0.713. The van der Waals surface area contributed by atoms with Gasteiger partial charge in [0.2, 0.25) is 5.91 Å². The molecule has 1 saturated carbocycles. The number of carbonyl (C=O) groups excluding carboxylic acids is 5. The molecule has 0 radical (unpaired) electrons. The van der Waals surface area contributed by atoms with Crippen LogP contribution < -0.4 is 10.6 Å². The molecule has 0 bridgehead atoms. The number of hydrogen-bond acceptors (Lipinski definition) is 6. The Balaban J connectivity index is 1.24. The molecule has 2 heterocycles. The van der Waals surface area contributed by atoms with Crippen LogP contribution in [0.4, 0.5) is 14.0 Å². The molecule has 4 rings (SSSR count). The minimum absolute atomic E-state index is 0.0218. The zero-order valence-electron chi connectivity index (χ0n) is 18.5. The zero-order chi connectivity index (χ0) is 24.3. The quantitative estimate of drug-likeness (QED) is 0.450. The monoisotopic (exact) mass is 488 g/mol. The van der Waals surface area contributed by atoms with E-state index in [-0.39, 0.29) is 42.4 Å². The molecule has 34 heavy (non-hydrogen) atoms. The van der Waals surface area contributed by atoms with Crippen LogP contribution in [0, 0.1) is 5.82 Å². The summed E-state index contributed by atoms with van der Waals surface area (Å²) < 4.78 is 13.8. The van der Waals surface area contributed by atoms with Crippen molar-refractivity contribution < 1.29 is 28.4 Å². The molecule has 0 unspecified atom stereocenters. The second-order valence-corrected chi connectivity index (χ2v) is 9.48. The first-order valence-corrected chi connectivity index (χ1v) is 12.0. The van der Waals surface area contributed by atoms with Gasteiger partial charge in [-0.05, 0) is 36.7 Å². The highest BCUT2D eigenvalue weighted by atomic mass is 32.2. The van der Waals surface area contributed by atoms with Crippen LogP contribution in [0.1, 0.15) is 44.1 Å². The van der Waals surface area contributed by atoms with Gasteiger partial charge in [0.1, 0.15) is 11.4 Å². The Morgan fingerprint density at radius 3 is 2.56 bits per heavy atom. The van der Waals surface area contributed by atoms with Crippen LogP contribution >= 0.6 is 11.8 Å². The highest BCUT2D eigenvalue weighted by Crippen LogP contribution is 2.34. The summed E-state index contributed by atoms with van der Waals surface area (Å²) in [6, 6.07) is 5.45. The summed E-state index contributed by atoms with van der Waals surface area (Å²) in [5, 5.41) is 4.91. The van der Waals surface area contributed by atoms with Gasteiger partial charge in [0.15, 0.2) is 0 Å². The van der Waals surface area contributed by atoms with Gasteiger partial charge in [0, 0.05) is 31.6 Å². The standard InChI is InChI=1S/C23H25FN4O5S/c24-16-7-3-2-6-15(16)14-17-19(30)27(22(33)34-17)13-11-25-18(29)8-12-28-20(31)23(26-21(28)32)9-4-1-5-10-23/h2-3,6-7,14H,1,4-5,8-13H2,(H,25,29)(H,26,32)/b17-14-. The fraction of sp³-hybridized carbons (Fsp3) is 0.435. The minimum Gasteiger partial charge on any atom is -0.354 e. The van der Waals surface area contributed by atoms with Crippen molar-refractivity contribution in [2.45, 2.75) is 44.1 Å². The normalized spacial score (nSPS) is 21.0. The maximum absolute atomic E-state index is 13.8. The molecular formula is C23H25FN4O5S. The predicted octanol–water partition coefficient (Wildman–Crippen LogP) is 2.62. The van der Waals surface area contributed by atoms with E-state index < -0.39 is 34.4 Å². The Labute approximate surface area is 200 Å². The van der Waals surface area contributed by atoms with Crippen LogP contribution in [0.25, 0.3) is 6.08 Å². The van der Waals surface area contributed by atoms with Gasteiger partial charge in [-0.3, -0.25) is 29.0 Å². The molecule has 2 saturated heterocycles. The average Bonchev–Trinajstić information content (AvgIpc) is 3.20. The summed E-state index contributed by atoms with van der Waals surface area (Å²) in [6.45, 7) is -0.0591. The van der Waals surface area contributed by atoms with E-state index >= 15 is 0 Å². The lowest BCUT2D eigenvalue weighted by molar-refractivity contribution is -0.133. The van der Waals surface area contributed by atoms with Crippen molar-refractivity contribution >= 4 is 46.8 Å². The maximum atomic E-state index is 13.8. The van der Waals surface area contributed by atoms with Gasteiger partial charge >= 0.3 is 6.03 Å². The third-order valence-electron chi connectivity index (χ3n) is 6.24. The number of urea groups is 1. The fourth-order valence-corrected chi connectivity index (χ4v) is 5.26. The van der Waals surface area contributed by atoms with E-state index in [1.165, 1.54) is 24.3 Å². The van der Waals surface area contributed by atoms with Crippen molar-refractivity contribution in [1.29, 1.82) is 0 Å². The van der Waals surface area contributed by atoms with E-state index in [4.69, 9.17) is 0 Å². The Morgan fingerprint density at radius 2 is 1.82 bits per heavy atom. The Kier molecular flexibility index (Phi) is 7.01. The first-order chi connectivity index (χ1) is 16.3. The molecule has 3 fully saturated rings. The lowest BCUT2D eigenvalue weighted by Crippen LogP contribution is -2.48. The van der Waals surface area contributed by atoms with Crippen LogP contribution in [0.2, 0.25) is 0 Å². The van der Waals surface area contributed by atoms with Crippen LogP contribution in [0.15, 0.2) is 29.2 Å². The average molecular weight is 489 g/mol. The number of benzene rings is 1. The fourth-order valence-electron chi connectivity index (χ4n) is 4.41. The van der Waals surface area contributed by atoms with Crippen molar-refractivity contribution in [3.63, 3.8) is 0 Å². The number of amides is 6. The molecule has 1 aromatic carbocycles. The molecule has 9 nitrogen and oxygen atoms in total. The van der Waals surface area contributed by atoms with E-state index in [0.29, 0.717) is 24.6 Å².